The number of ether oxygens (including phenoxy) is 1. The van der Waals surface area contributed by atoms with Crippen molar-refractivity contribution in [1.29, 1.82) is 0 Å². The first-order valence-electron chi connectivity index (χ1n) is 25.1. The second kappa shape index (κ2) is 33.1. The Kier molecular flexibility index (Phi) is 30.1. The van der Waals surface area contributed by atoms with Crippen molar-refractivity contribution in [3.8, 4) is 0 Å². The van der Waals surface area contributed by atoms with Crippen molar-refractivity contribution < 1.29 is 35.9 Å². The number of Topliss-reactive ketones (excluding diaryl/α,β-unsaturated/α-hetero) is 2. The fourth-order valence-corrected chi connectivity index (χ4v) is 8.76. The van der Waals surface area contributed by atoms with E-state index < -0.39 is 59.8 Å². The average Bonchev–Trinajstić information content (AvgIpc) is 3.23. The first-order valence-corrected chi connectivity index (χ1v) is 24.6. The molecule has 1 amide bonds. The van der Waals surface area contributed by atoms with Crippen LogP contribution >= 0.6 is 0 Å². The van der Waals surface area contributed by atoms with Crippen LogP contribution in [0.3, 0.4) is 0 Å². The molecule has 59 heavy (non-hydrogen) atoms. The van der Waals surface area contributed by atoms with Crippen molar-refractivity contribution in [2.24, 2.45) is 23.1 Å². The molecule has 9 N–H and O–H groups in total. The van der Waals surface area contributed by atoms with E-state index in [-0.39, 0.29) is 18.9 Å². The van der Waals surface area contributed by atoms with Crippen molar-refractivity contribution >= 4 is 17.5 Å². The molecular weight excluding hydrogens is 745 g/mol. The lowest BCUT2D eigenvalue weighted by atomic mass is 9.74. The highest BCUT2D eigenvalue weighted by Gasteiger charge is 2.62. The minimum absolute atomic E-state index is 0.122. The summed E-state index contributed by atoms with van der Waals surface area (Å²) in [5.41, 5.74) is 13.1. The Morgan fingerprint density at radius 1 is 0.661 bits per heavy atom. The second-order valence-electron chi connectivity index (χ2n) is 18.3. The topological polar surface area (TPSA) is 202 Å². The first-order chi connectivity index (χ1) is 28.8. The van der Waals surface area contributed by atoms with Gasteiger partial charge in [-0.1, -0.05) is 200 Å². The van der Waals surface area contributed by atoms with Crippen LogP contribution in [0.5, 0.6) is 0 Å². The van der Waals surface area contributed by atoms with Gasteiger partial charge in [0.05, 0.1) is 18.8 Å². The van der Waals surface area contributed by atoms with E-state index in [2.05, 4.69) is 19.6 Å². The quantitative estimate of drug-likeness (QED) is 0.0197. The van der Waals surface area contributed by atoms with Crippen LogP contribution in [0.1, 0.15) is 233 Å². The van der Waals surface area contributed by atoms with Gasteiger partial charge < -0.3 is 36.4 Å². The zero-order valence-corrected chi connectivity index (χ0v) is 38.5. The smallest absolute Gasteiger partial charge is 0.225 e. The van der Waals surface area contributed by atoms with E-state index in [4.69, 9.17) is 17.6 Å². The molecular formula is C48H94N4O7. The highest BCUT2D eigenvalue weighted by molar-refractivity contribution is 6.14. The van der Waals surface area contributed by atoms with Crippen LogP contribution in [-0.2, 0) is 19.1 Å². The molecule has 348 valence electrons. The number of unbranched alkanes of at least 4 members (excludes halogenated alkanes) is 29. The molecule has 1 heterocycles. The summed E-state index contributed by atoms with van der Waals surface area (Å²) >= 11 is 0. The maximum atomic E-state index is 14.2. The number of nitrogens with two attached hydrogens (primary N) is 3. The monoisotopic (exact) mass is 840 g/mol. The molecule has 1 aliphatic heterocycles. The molecule has 0 saturated carbocycles. The zero-order valence-electron chi connectivity index (χ0n) is 39.5. The van der Waals surface area contributed by atoms with Crippen molar-refractivity contribution in [3.63, 3.8) is 0 Å². The first kappa shape index (κ1) is 53.7. The van der Waals surface area contributed by atoms with Gasteiger partial charge in [-0.3, -0.25) is 20.1 Å². The van der Waals surface area contributed by atoms with Crippen molar-refractivity contribution in [1.82, 2.24) is 4.90 Å². The zero-order chi connectivity index (χ0) is 44.7. The minimum Gasteiger partial charge on any atom is -0.394 e. The number of carbonyl (C=O) groups excluding carboxylic acids is 3. The van der Waals surface area contributed by atoms with Crippen LogP contribution in [0.15, 0.2) is 0 Å². The van der Waals surface area contributed by atoms with Crippen LogP contribution in [0.2, 0.25) is 1.41 Å². The van der Waals surface area contributed by atoms with Gasteiger partial charge in [-0.15, -0.1) is 0 Å². The molecule has 0 unspecified atom stereocenters. The van der Waals surface area contributed by atoms with E-state index in [0.29, 0.717) is 12.8 Å². The van der Waals surface area contributed by atoms with E-state index in [1.807, 2.05) is 0 Å². The van der Waals surface area contributed by atoms with Gasteiger partial charge in [-0.25, -0.2) is 0 Å². The lowest BCUT2D eigenvalue weighted by Crippen LogP contribution is -2.78. The molecule has 0 spiro atoms. The normalized spacial score (nSPS) is 22.5. The summed E-state index contributed by atoms with van der Waals surface area (Å²) in [6.07, 6.45) is 32.0. The van der Waals surface area contributed by atoms with Gasteiger partial charge in [-0.05, 0) is 26.7 Å². The molecule has 0 bridgehead atoms. The Bertz CT molecular complexity index is 1120. The predicted molar refractivity (Wildman–Crippen MR) is 241 cm³/mol. The van der Waals surface area contributed by atoms with Crippen LogP contribution in [0, 0.1) is 5.92 Å². The van der Waals surface area contributed by atoms with Crippen molar-refractivity contribution in [2.75, 3.05) is 13.2 Å². The van der Waals surface area contributed by atoms with Gasteiger partial charge >= 0.3 is 0 Å². The molecule has 1 saturated heterocycles. The lowest BCUT2D eigenvalue weighted by molar-refractivity contribution is -0.292. The van der Waals surface area contributed by atoms with E-state index in [1.54, 1.807) is 0 Å². The maximum Gasteiger partial charge on any atom is 0.225 e. The van der Waals surface area contributed by atoms with Gasteiger partial charge in [0.25, 0.3) is 0 Å². The lowest BCUT2D eigenvalue weighted by Gasteiger charge is -2.53. The second-order valence-corrected chi connectivity index (χ2v) is 18.3. The van der Waals surface area contributed by atoms with Gasteiger partial charge in [0, 0.05) is 13.0 Å². The molecule has 1 fully saturated rings. The summed E-state index contributed by atoms with van der Waals surface area (Å²) in [4.78, 5) is 42.9. The molecule has 1 rings (SSSR count). The Balaban J connectivity index is 2.86. The SMILES string of the molecule is [2H]N[C@H](C)C(=O)[C@@](C)(N)C(=O)[C@@H]1[C@@H](O)[C@H](O)[C@@H](CO)O[C@@]1(N)N(CCCCCCCCCCCCCCCCCC)C(=O)CCCCCCCCCCCCCCCCC. The summed E-state index contributed by atoms with van der Waals surface area (Å²) in [5, 5.41) is 32.5. The van der Waals surface area contributed by atoms with E-state index in [1.165, 1.54) is 160 Å². The summed E-state index contributed by atoms with van der Waals surface area (Å²) in [7, 11) is 0. The maximum absolute atomic E-state index is 14.2. The number of rotatable bonds is 40. The summed E-state index contributed by atoms with van der Waals surface area (Å²) in [6.45, 7) is 6.47. The third-order valence-electron chi connectivity index (χ3n) is 12.7. The number of carbonyl (C=O) groups is 3. The molecule has 11 heteroatoms. The van der Waals surface area contributed by atoms with Crippen LogP contribution in [0.25, 0.3) is 0 Å². The van der Waals surface area contributed by atoms with E-state index in [9.17, 15) is 29.7 Å². The molecule has 0 aromatic heterocycles. The van der Waals surface area contributed by atoms with Gasteiger partial charge in [0.15, 0.2) is 11.6 Å². The fourth-order valence-electron chi connectivity index (χ4n) is 8.76. The number of aliphatic hydroxyl groups is 3. The third kappa shape index (κ3) is 21.4. The van der Waals surface area contributed by atoms with Crippen LogP contribution in [0.4, 0.5) is 0 Å². The summed E-state index contributed by atoms with van der Waals surface area (Å²) in [5.74, 6) is -6.30. The molecule has 0 aromatic rings. The average molecular weight is 840 g/mol. The number of hydrogen-bond donors (Lipinski definition) is 6. The van der Waals surface area contributed by atoms with Gasteiger partial charge in [0.2, 0.25) is 11.8 Å². The van der Waals surface area contributed by atoms with Crippen LogP contribution < -0.4 is 17.2 Å². The number of nitrogens with zero attached hydrogens (tertiary/aromatic N) is 1. The van der Waals surface area contributed by atoms with E-state index in [0.717, 1.165) is 44.9 Å². The number of amides is 1. The Labute approximate surface area is 362 Å². The minimum atomic E-state index is -2.30. The van der Waals surface area contributed by atoms with E-state index >= 15 is 0 Å². The number of aliphatic hydroxyl groups excluding tert-OH is 3. The molecule has 0 aliphatic carbocycles. The highest BCUT2D eigenvalue weighted by atomic mass is 16.6. The standard InChI is InChI=1S/C48H94N4O7/c1-5-7-9-11-13-15-17-19-21-23-25-27-29-31-33-35-37-52(41(54)36-34-32-30-28-26-24-22-20-18-16-14-12-10-8-6-2)48(51)42(44(56)43(55)40(38-53)59-48)46(58)47(4,50)45(57)39(3)49/h39-40,42-44,53,55-56H,5-38,49-51H2,1-4H3/t39-,40-,42+,43-,44-,47-,48+/m1/s1/i/hD. The fraction of sp³-hybridized carbons (Fsp3) is 0.938. The molecule has 0 radical (unpaired) electrons. The highest BCUT2D eigenvalue weighted by Crippen LogP contribution is 2.38. The summed E-state index contributed by atoms with van der Waals surface area (Å²) < 4.78 is 13.5. The van der Waals surface area contributed by atoms with Crippen LogP contribution in [-0.4, -0.2) is 86.6 Å². The predicted octanol–water partition coefficient (Wildman–Crippen LogP) is 8.88. The number of ketones is 2. The Morgan fingerprint density at radius 3 is 1.37 bits per heavy atom. The Hall–Kier alpha value is -1.47. The molecule has 1 aliphatic rings. The molecule has 7 atom stereocenters. The van der Waals surface area contributed by atoms with Gasteiger partial charge in [0.1, 0.15) is 25.1 Å². The van der Waals surface area contributed by atoms with Crippen molar-refractivity contribution in [2.45, 2.75) is 269 Å². The summed E-state index contributed by atoms with van der Waals surface area (Å²) in [6, 6.07) is -1.12. The number of hydrogen-bond acceptors (Lipinski definition) is 10. The molecule has 11 nitrogen and oxygen atoms in total. The van der Waals surface area contributed by atoms with Gasteiger partial charge in [-0.2, -0.15) is 0 Å². The largest absolute Gasteiger partial charge is 0.394 e. The molecule has 0 aromatic carbocycles. The Morgan fingerprint density at radius 2 is 1.02 bits per heavy atom. The third-order valence-corrected chi connectivity index (χ3v) is 12.7. The van der Waals surface area contributed by atoms with Crippen molar-refractivity contribution in [3.05, 3.63) is 0 Å².